The molecule has 0 fully saturated rings. The van der Waals surface area contributed by atoms with Crippen molar-refractivity contribution in [1.29, 1.82) is 5.26 Å². The normalized spacial score (nSPS) is 14.0. The van der Waals surface area contributed by atoms with Crippen molar-refractivity contribution in [2.75, 3.05) is 11.9 Å². The number of amides is 1. The summed E-state index contributed by atoms with van der Waals surface area (Å²) in [5.74, 6) is 0.375. The van der Waals surface area contributed by atoms with Crippen LogP contribution in [0.15, 0.2) is 42.6 Å². The number of anilines is 1. The number of para-hydroxylation sites is 1. The lowest BCUT2D eigenvalue weighted by Gasteiger charge is -2.31. The van der Waals surface area contributed by atoms with E-state index in [-0.39, 0.29) is 12.5 Å². The van der Waals surface area contributed by atoms with E-state index in [0.29, 0.717) is 18.3 Å². The number of pyridine rings is 1. The fourth-order valence-corrected chi connectivity index (χ4v) is 4.11. The van der Waals surface area contributed by atoms with Gasteiger partial charge in [0.15, 0.2) is 0 Å². The second-order valence-corrected chi connectivity index (χ2v) is 7.78. The molecule has 1 N–H and O–H groups in total. The van der Waals surface area contributed by atoms with Gasteiger partial charge in [-0.1, -0.05) is 18.2 Å². The molecule has 3 heterocycles. The Morgan fingerprint density at radius 2 is 2.14 bits per heavy atom. The smallest absolute Gasteiger partial charge is 0.245 e. The number of carbonyl (C=O) groups excluding carboxylic acids is 1. The molecule has 0 aliphatic carbocycles. The number of aromatic nitrogens is 2. The molecule has 1 aliphatic rings. The first-order chi connectivity index (χ1) is 14.1. The molecule has 0 saturated heterocycles. The molecule has 0 radical (unpaired) electrons. The van der Waals surface area contributed by atoms with E-state index in [1.165, 1.54) is 16.6 Å². The highest BCUT2D eigenvalue weighted by Crippen LogP contribution is 2.31. The molecule has 2 aromatic heterocycles. The number of fused-ring (bicyclic) bond motifs is 3. The number of nitrogens with one attached hydrogen (secondary N) is 1. The molecule has 0 saturated carbocycles. The second-order valence-electron chi connectivity index (χ2n) is 7.78. The molecule has 0 atom stereocenters. The Morgan fingerprint density at radius 3 is 2.93 bits per heavy atom. The van der Waals surface area contributed by atoms with E-state index in [1.54, 1.807) is 18.3 Å². The van der Waals surface area contributed by atoms with Crippen LogP contribution in [-0.2, 0) is 30.7 Å². The summed E-state index contributed by atoms with van der Waals surface area (Å²) in [7, 11) is 0. The van der Waals surface area contributed by atoms with Crippen LogP contribution in [0.2, 0.25) is 0 Å². The summed E-state index contributed by atoms with van der Waals surface area (Å²) in [6.45, 7) is 6.62. The van der Waals surface area contributed by atoms with E-state index in [4.69, 9.17) is 5.26 Å². The van der Waals surface area contributed by atoms with E-state index in [2.05, 4.69) is 57.9 Å². The first kappa shape index (κ1) is 19.2. The minimum Gasteiger partial charge on any atom is -0.335 e. The van der Waals surface area contributed by atoms with Gasteiger partial charge in [0.1, 0.15) is 12.4 Å². The first-order valence-corrected chi connectivity index (χ1v) is 10.0. The SMILES string of the molecule is CC(C)N1CCc2c(c3ccccc3n2CC(=O)Nc2cc(CC#N)ccn2)C1. The summed E-state index contributed by atoms with van der Waals surface area (Å²) < 4.78 is 2.15. The highest BCUT2D eigenvalue weighted by atomic mass is 16.2. The largest absolute Gasteiger partial charge is 0.335 e. The van der Waals surface area contributed by atoms with Gasteiger partial charge in [-0.2, -0.15) is 5.26 Å². The van der Waals surface area contributed by atoms with Gasteiger partial charge in [0.25, 0.3) is 0 Å². The van der Waals surface area contributed by atoms with E-state index >= 15 is 0 Å². The van der Waals surface area contributed by atoms with Crippen LogP contribution in [0.3, 0.4) is 0 Å². The lowest BCUT2D eigenvalue weighted by molar-refractivity contribution is -0.116. The molecule has 0 unspecified atom stereocenters. The maximum Gasteiger partial charge on any atom is 0.245 e. The van der Waals surface area contributed by atoms with Crippen LogP contribution in [0, 0.1) is 11.3 Å². The van der Waals surface area contributed by atoms with Crippen LogP contribution in [0.4, 0.5) is 5.82 Å². The molecule has 4 rings (SSSR count). The van der Waals surface area contributed by atoms with Crippen molar-refractivity contribution < 1.29 is 4.79 Å². The molecular weight excluding hydrogens is 362 g/mol. The Kier molecular flexibility index (Phi) is 5.32. The van der Waals surface area contributed by atoms with Gasteiger partial charge >= 0.3 is 0 Å². The van der Waals surface area contributed by atoms with Gasteiger partial charge < -0.3 is 9.88 Å². The van der Waals surface area contributed by atoms with Gasteiger partial charge in [0.2, 0.25) is 5.91 Å². The minimum absolute atomic E-state index is 0.110. The number of hydrogen-bond acceptors (Lipinski definition) is 4. The van der Waals surface area contributed by atoms with Crippen molar-refractivity contribution in [2.45, 2.75) is 45.8 Å². The third-order valence-electron chi connectivity index (χ3n) is 5.60. The van der Waals surface area contributed by atoms with Crippen molar-refractivity contribution in [3.8, 4) is 6.07 Å². The highest BCUT2D eigenvalue weighted by molar-refractivity contribution is 5.92. The summed E-state index contributed by atoms with van der Waals surface area (Å²) in [6.07, 6.45) is 2.86. The molecule has 1 amide bonds. The van der Waals surface area contributed by atoms with Crippen LogP contribution in [0.1, 0.15) is 30.7 Å². The summed E-state index contributed by atoms with van der Waals surface area (Å²) in [5, 5.41) is 13.0. The van der Waals surface area contributed by atoms with Crippen molar-refractivity contribution in [3.05, 3.63) is 59.4 Å². The number of nitriles is 1. The second kappa shape index (κ2) is 8.06. The van der Waals surface area contributed by atoms with Gasteiger partial charge in [-0.15, -0.1) is 0 Å². The third kappa shape index (κ3) is 3.87. The molecule has 1 aliphatic heterocycles. The number of benzene rings is 1. The molecule has 148 valence electrons. The van der Waals surface area contributed by atoms with Crippen LogP contribution < -0.4 is 5.32 Å². The van der Waals surface area contributed by atoms with Gasteiger partial charge in [-0.25, -0.2) is 4.98 Å². The summed E-state index contributed by atoms with van der Waals surface area (Å²) in [4.78, 5) is 19.5. The van der Waals surface area contributed by atoms with Crippen LogP contribution in [0.5, 0.6) is 0 Å². The Balaban J connectivity index is 1.61. The Bertz CT molecular complexity index is 1090. The van der Waals surface area contributed by atoms with Gasteiger partial charge in [0, 0.05) is 48.3 Å². The van der Waals surface area contributed by atoms with E-state index in [0.717, 1.165) is 30.6 Å². The summed E-state index contributed by atoms with van der Waals surface area (Å²) >= 11 is 0. The first-order valence-electron chi connectivity index (χ1n) is 10.0. The third-order valence-corrected chi connectivity index (χ3v) is 5.60. The quantitative estimate of drug-likeness (QED) is 0.727. The lowest BCUT2D eigenvalue weighted by Crippen LogP contribution is -2.36. The minimum atomic E-state index is -0.110. The standard InChI is InChI=1S/C23H25N5O/c1-16(2)27-12-9-21-19(14-27)18-5-3-4-6-20(18)28(21)15-23(29)26-22-13-17(7-10-24)8-11-25-22/h3-6,8,11,13,16H,7,9,12,14-15H2,1-2H3,(H,25,26,29). The predicted octanol–water partition coefficient (Wildman–Crippen LogP) is 3.51. The number of carbonyl (C=O) groups is 1. The zero-order valence-electron chi connectivity index (χ0n) is 16.9. The molecule has 29 heavy (non-hydrogen) atoms. The van der Waals surface area contributed by atoms with Crippen LogP contribution in [0.25, 0.3) is 10.9 Å². The maximum absolute atomic E-state index is 12.8. The monoisotopic (exact) mass is 387 g/mol. The Morgan fingerprint density at radius 1 is 1.31 bits per heavy atom. The zero-order valence-corrected chi connectivity index (χ0v) is 16.9. The van der Waals surface area contributed by atoms with E-state index in [1.807, 2.05) is 6.07 Å². The zero-order chi connectivity index (χ0) is 20.4. The molecule has 1 aromatic carbocycles. The molecule has 3 aromatic rings. The average Bonchev–Trinajstić information content (AvgIpc) is 3.02. The molecule has 0 bridgehead atoms. The van der Waals surface area contributed by atoms with Gasteiger partial charge in [-0.05, 0) is 43.2 Å². The predicted molar refractivity (Wildman–Crippen MR) is 113 cm³/mol. The van der Waals surface area contributed by atoms with E-state index < -0.39 is 0 Å². The Labute approximate surface area is 170 Å². The molecule has 6 heteroatoms. The van der Waals surface area contributed by atoms with Crippen molar-refractivity contribution in [1.82, 2.24) is 14.5 Å². The van der Waals surface area contributed by atoms with Crippen molar-refractivity contribution >= 4 is 22.6 Å². The van der Waals surface area contributed by atoms with Crippen molar-refractivity contribution in [2.24, 2.45) is 0 Å². The Hall–Kier alpha value is -3.17. The number of nitrogens with zero attached hydrogens (tertiary/aromatic N) is 4. The fourth-order valence-electron chi connectivity index (χ4n) is 4.11. The lowest BCUT2D eigenvalue weighted by atomic mass is 10.0. The molecule has 0 spiro atoms. The topological polar surface area (TPSA) is 74.0 Å². The van der Waals surface area contributed by atoms with E-state index in [9.17, 15) is 4.79 Å². The summed E-state index contributed by atoms with van der Waals surface area (Å²) in [5.41, 5.74) is 4.53. The average molecular weight is 387 g/mol. The van der Waals surface area contributed by atoms with Gasteiger partial charge in [-0.3, -0.25) is 9.69 Å². The van der Waals surface area contributed by atoms with Gasteiger partial charge in [0.05, 0.1) is 12.5 Å². The number of hydrogen-bond donors (Lipinski definition) is 1. The van der Waals surface area contributed by atoms with Crippen LogP contribution in [-0.4, -0.2) is 32.9 Å². The van der Waals surface area contributed by atoms with Crippen molar-refractivity contribution in [3.63, 3.8) is 0 Å². The summed E-state index contributed by atoms with van der Waals surface area (Å²) in [6, 6.07) is 14.5. The number of rotatable bonds is 5. The van der Waals surface area contributed by atoms with Crippen LogP contribution >= 0.6 is 0 Å². The fraction of sp³-hybridized carbons (Fsp3) is 0.348. The molecular formula is C23H25N5O. The molecule has 6 nitrogen and oxygen atoms in total. The maximum atomic E-state index is 12.8. The highest BCUT2D eigenvalue weighted by Gasteiger charge is 2.25.